The predicted molar refractivity (Wildman–Crippen MR) is 130 cm³/mol. The molecular weight excluding hydrogens is 432 g/mol. The normalized spacial score (nSPS) is 10.8. The molecule has 1 amide bonds. The van der Waals surface area contributed by atoms with Gasteiger partial charge in [-0.2, -0.15) is 0 Å². The Morgan fingerprint density at radius 2 is 1.85 bits per heavy atom. The highest BCUT2D eigenvalue weighted by atomic mass is 16.5. The molecule has 1 heterocycles. The van der Waals surface area contributed by atoms with Crippen molar-refractivity contribution in [2.75, 3.05) is 6.61 Å². The Balaban J connectivity index is 1.63. The van der Waals surface area contributed by atoms with Gasteiger partial charge in [0.15, 0.2) is 0 Å². The average molecular weight is 465 g/mol. The molecule has 0 bridgehead atoms. The molecular formula is C27H32N2O5. The number of nitrogens with one attached hydrogen (secondary N) is 1. The number of rotatable bonds is 13. The van der Waals surface area contributed by atoms with Crippen molar-refractivity contribution < 1.29 is 23.8 Å². The Kier molecular flexibility index (Phi) is 9.26. The van der Waals surface area contributed by atoms with Crippen LogP contribution in [0, 0.1) is 6.92 Å². The summed E-state index contributed by atoms with van der Waals surface area (Å²) >= 11 is 0. The van der Waals surface area contributed by atoms with E-state index in [-0.39, 0.29) is 12.3 Å². The Labute approximate surface area is 200 Å². The molecule has 0 radical (unpaired) electrons. The van der Waals surface area contributed by atoms with Gasteiger partial charge in [0.1, 0.15) is 11.5 Å². The third-order valence-electron chi connectivity index (χ3n) is 5.54. The van der Waals surface area contributed by atoms with Gasteiger partial charge in [0.2, 0.25) is 11.8 Å². The summed E-state index contributed by atoms with van der Waals surface area (Å²) in [4.78, 5) is 27.7. The molecule has 3 rings (SSSR count). The second-order valence-electron chi connectivity index (χ2n) is 8.19. The summed E-state index contributed by atoms with van der Waals surface area (Å²) in [6, 6.07) is 15.3. The highest BCUT2D eigenvalue weighted by molar-refractivity contribution is 5.75. The number of amides is 1. The number of carboxylic acids is 1. The van der Waals surface area contributed by atoms with Gasteiger partial charge in [-0.1, -0.05) is 37.6 Å². The summed E-state index contributed by atoms with van der Waals surface area (Å²) < 4.78 is 11.8. The lowest BCUT2D eigenvalue weighted by atomic mass is 10.0. The Morgan fingerprint density at radius 1 is 1.06 bits per heavy atom. The molecule has 7 heteroatoms. The van der Waals surface area contributed by atoms with Crippen molar-refractivity contribution in [3.63, 3.8) is 0 Å². The standard InChI is InChI=1S/C27H32N2O5/c1-3-4-10-25(30)28-18-22-17-23(13-11-20(22)12-14-26(31)32)33-16-15-24-19(2)34-27(29-24)21-8-6-5-7-9-21/h5-9,11,13,17H,3-4,10,12,14-16,18H2,1-2H3,(H,28,30)(H,31,32). The van der Waals surface area contributed by atoms with E-state index in [9.17, 15) is 9.59 Å². The fourth-order valence-corrected chi connectivity index (χ4v) is 3.59. The first-order valence-corrected chi connectivity index (χ1v) is 11.7. The van der Waals surface area contributed by atoms with Crippen LogP contribution in [0.3, 0.4) is 0 Å². The zero-order valence-corrected chi connectivity index (χ0v) is 19.8. The number of aryl methyl sites for hydroxylation is 2. The third-order valence-corrected chi connectivity index (χ3v) is 5.54. The van der Waals surface area contributed by atoms with E-state index >= 15 is 0 Å². The minimum absolute atomic E-state index is 0.00640. The van der Waals surface area contributed by atoms with Crippen molar-refractivity contribution in [2.45, 2.75) is 58.9 Å². The number of aromatic nitrogens is 1. The molecule has 3 aromatic rings. The largest absolute Gasteiger partial charge is 0.493 e. The molecule has 0 fully saturated rings. The van der Waals surface area contributed by atoms with Crippen molar-refractivity contribution in [1.29, 1.82) is 0 Å². The number of benzene rings is 2. The summed E-state index contributed by atoms with van der Waals surface area (Å²) in [6.45, 7) is 4.70. The number of hydrogen-bond acceptors (Lipinski definition) is 5. The first-order valence-electron chi connectivity index (χ1n) is 11.7. The maximum atomic E-state index is 12.1. The van der Waals surface area contributed by atoms with Crippen LogP contribution in [0.5, 0.6) is 5.75 Å². The SMILES string of the molecule is CCCCC(=O)NCc1cc(OCCc2nc(-c3ccccc3)oc2C)ccc1CCC(=O)O. The van der Waals surface area contributed by atoms with E-state index in [0.29, 0.717) is 44.1 Å². The summed E-state index contributed by atoms with van der Waals surface area (Å²) in [7, 11) is 0. The zero-order chi connectivity index (χ0) is 24.3. The highest BCUT2D eigenvalue weighted by Crippen LogP contribution is 2.23. The van der Waals surface area contributed by atoms with Gasteiger partial charge in [-0.05, 0) is 55.2 Å². The van der Waals surface area contributed by atoms with Crippen LogP contribution in [0.1, 0.15) is 55.2 Å². The van der Waals surface area contributed by atoms with E-state index in [4.69, 9.17) is 14.3 Å². The van der Waals surface area contributed by atoms with Crippen LogP contribution in [0.4, 0.5) is 0 Å². The Bertz CT molecular complexity index is 1090. The zero-order valence-electron chi connectivity index (χ0n) is 19.8. The minimum Gasteiger partial charge on any atom is -0.493 e. The molecule has 2 aromatic carbocycles. The van der Waals surface area contributed by atoms with E-state index in [2.05, 4.69) is 10.3 Å². The number of hydrogen-bond donors (Lipinski definition) is 2. The number of nitrogens with zero attached hydrogens (tertiary/aromatic N) is 1. The van der Waals surface area contributed by atoms with Gasteiger partial charge in [0.05, 0.1) is 12.3 Å². The van der Waals surface area contributed by atoms with Gasteiger partial charge in [-0.15, -0.1) is 0 Å². The van der Waals surface area contributed by atoms with Crippen LogP contribution < -0.4 is 10.1 Å². The number of aliphatic carboxylic acids is 1. The fourth-order valence-electron chi connectivity index (χ4n) is 3.59. The van der Waals surface area contributed by atoms with Crippen LogP contribution >= 0.6 is 0 Å². The summed E-state index contributed by atoms with van der Waals surface area (Å²) in [6.07, 6.45) is 3.31. The van der Waals surface area contributed by atoms with Crippen molar-refractivity contribution >= 4 is 11.9 Å². The third kappa shape index (κ3) is 7.47. The fraction of sp³-hybridized carbons (Fsp3) is 0.370. The van der Waals surface area contributed by atoms with Crippen molar-refractivity contribution in [3.8, 4) is 17.2 Å². The molecule has 180 valence electrons. The quantitative estimate of drug-likeness (QED) is 0.365. The molecule has 0 saturated heterocycles. The van der Waals surface area contributed by atoms with Gasteiger partial charge in [-0.3, -0.25) is 9.59 Å². The van der Waals surface area contributed by atoms with Gasteiger partial charge in [0.25, 0.3) is 0 Å². The molecule has 7 nitrogen and oxygen atoms in total. The number of carboxylic acid groups (broad SMARTS) is 1. The second kappa shape index (κ2) is 12.6. The maximum Gasteiger partial charge on any atom is 0.303 e. The number of oxazole rings is 1. The summed E-state index contributed by atoms with van der Waals surface area (Å²) in [5.41, 5.74) is 3.54. The average Bonchev–Trinajstić information content (AvgIpc) is 3.21. The molecule has 0 spiro atoms. The number of ether oxygens (including phenoxy) is 1. The van der Waals surface area contributed by atoms with E-state index < -0.39 is 5.97 Å². The first-order chi connectivity index (χ1) is 16.5. The van der Waals surface area contributed by atoms with E-state index in [0.717, 1.165) is 41.0 Å². The lowest BCUT2D eigenvalue weighted by molar-refractivity contribution is -0.137. The molecule has 0 atom stereocenters. The monoisotopic (exact) mass is 464 g/mol. The molecule has 0 aliphatic carbocycles. The van der Waals surface area contributed by atoms with Crippen LogP contribution in [0.25, 0.3) is 11.5 Å². The van der Waals surface area contributed by atoms with Crippen molar-refractivity contribution in [1.82, 2.24) is 10.3 Å². The summed E-state index contributed by atoms with van der Waals surface area (Å²) in [5.74, 6) is 1.17. The smallest absolute Gasteiger partial charge is 0.303 e. The van der Waals surface area contributed by atoms with Crippen molar-refractivity contribution in [3.05, 3.63) is 71.1 Å². The maximum absolute atomic E-state index is 12.1. The van der Waals surface area contributed by atoms with E-state index in [1.165, 1.54) is 0 Å². The van der Waals surface area contributed by atoms with Crippen LogP contribution in [-0.4, -0.2) is 28.6 Å². The molecule has 0 unspecified atom stereocenters. The highest BCUT2D eigenvalue weighted by Gasteiger charge is 2.12. The van der Waals surface area contributed by atoms with Crippen LogP contribution in [0.15, 0.2) is 52.9 Å². The topological polar surface area (TPSA) is 102 Å². The molecule has 34 heavy (non-hydrogen) atoms. The minimum atomic E-state index is -0.851. The second-order valence-corrected chi connectivity index (χ2v) is 8.19. The Hall–Kier alpha value is -3.61. The van der Waals surface area contributed by atoms with E-state index in [1.807, 2.05) is 62.4 Å². The number of carbonyl (C=O) groups is 2. The van der Waals surface area contributed by atoms with Crippen LogP contribution in [0.2, 0.25) is 0 Å². The van der Waals surface area contributed by atoms with Crippen molar-refractivity contribution in [2.24, 2.45) is 0 Å². The van der Waals surface area contributed by atoms with Gasteiger partial charge < -0.3 is 19.6 Å². The van der Waals surface area contributed by atoms with E-state index in [1.54, 1.807) is 0 Å². The first kappa shape index (κ1) is 25.0. The lowest BCUT2D eigenvalue weighted by Crippen LogP contribution is -2.23. The van der Waals surface area contributed by atoms with Gasteiger partial charge in [0, 0.05) is 31.4 Å². The number of unbranched alkanes of at least 4 members (excludes halogenated alkanes) is 1. The summed E-state index contributed by atoms with van der Waals surface area (Å²) in [5, 5.41) is 12.0. The molecule has 0 aliphatic rings. The molecule has 0 aliphatic heterocycles. The molecule has 2 N–H and O–H groups in total. The van der Waals surface area contributed by atoms with Gasteiger partial charge >= 0.3 is 5.97 Å². The predicted octanol–water partition coefficient (Wildman–Crippen LogP) is 5.10. The van der Waals surface area contributed by atoms with Crippen LogP contribution in [-0.2, 0) is 29.0 Å². The lowest BCUT2D eigenvalue weighted by Gasteiger charge is -2.13. The molecule has 1 aromatic heterocycles. The Morgan fingerprint density at radius 3 is 2.59 bits per heavy atom. The van der Waals surface area contributed by atoms with Gasteiger partial charge in [-0.25, -0.2) is 4.98 Å². The number of carbonyl (C=O) groups excluding carboxylic acids is 1. The molecule has 0 saturated carbocycles.